The van der Waals surface area contributed by atoms with Crippen molar-refractivity contribution < 1.29 is 14.3 Å². The van der Waals surface area contributed by atoms with Gasteiger partial charge in [0, 0.05) is 40.5 Å². The summed E-state index contributed by atoms with van der Waals surface area (Å²) in [5, 5.41) is 6.97. The average molecular weight is 621 g/mol. The normalized spacial score (nSPS) is 16.6. The number of amides is 1. The Balaban J connectivity index is 1.65. The fraction of sp³-hybridized carbons (Fsp3) is 0.233. The van der Waals surface area contributed by atoms with E-state index >= 15 is 0 Å². The van der Waals surface area contributed by atoms with Gasteiger partial charge in [-0.25, -0.2) is 0 Å². The number of nitrogens with zero attached hydrogens (tertiary/aromatic N) is 3. The lowest BCUT2D eigenvalue weighted by molar-refractivity contribution is -0.119. The van der Waals surface area contributed by atoms with Crippen molar-refractivity contribution in [1.82, 2.24) is 14.9 Å². The van der Waals surface area contributed by atoms with E-state index in [2.05, 4.69) is 73.1 Å². The third-order valence-electron chi connectivity index (χ3n) is 6.96. The number of rotatable bonds is 8. The molecule has 1 amide bonds. The standard InChI is InChI=1S/C30H30BrN5O3S/c1-18-14-23(19(2)35(18)21-9-7-8-20(31)15-21)29-28(24-10-5-6-13-32-24)34-30(40)36(29)22-11-12-26(39-4)25(16-22)33-27(37)17-38-3/h5-16,28-29H,17H2,1-4H3,(H,33,37)(H,34,40)/t28-,29-/m1/s1. The molecule has 206 valence electrons. The lowest BCUT2D eigenvalue weighted by Gasteiger charge is -2.29. The summed E-state index contributed by atoms with van der Waals surface area (Å²) < 4.78 is 13.8. The third-order valence-corrected chi connectivity index (χ3v) is 7.77. The minimum Gasteiger partial charge on any atom is -0.495 e. The number of aryl methyl sites for hydroxylation is 1. The summed E-state index contributed by atoms with van der Waals surface area (Å²) in [7, 11) is 3.05. The average Bonchev–Trinajstić information content (AvgIpc) is 3.44. The summed E-state index contributed by atoms with van der Waals surface area (Å²) in [6.07, 6.45) is 1.79. The molecule has 1 saturated heterocycles. The van der Waals surface area contributed by atoms with Crippen LogP contribution in [0.5, 0.6) is 5.75 Å². The molecule has 2 atom stereocenters. The highest BCUT2D eigenvalue weighted by Crippen LogP contribution is 2.45. The highest BCUT2D eigenvalue weighted by atomic mass is 79.9. The number of methoxy groups -OCH3 is 2. The fourth-order valence-corrected chi connectivity index (χ4v) is 6.04. The van der Waals surface area contributed by atoms with Gasteiger partial charge in [-0.15, -0.1) is 0 Å². The zero-order valence-electron chi connectivity index (χ0n) is 22.6. The van der Waals surface area contributed by atoms with Gasteiger partial charge in [0.25, 0.3) is 0 Å². The van der Waals surface area contributed by atoms with Crippen LogP contribution in [0.25, 0.3) is 5.69 Å². The number of pyridine rings is 1. The smallest absolute Gasteiger partial charge is 0.250 e. The molecule has 0 saturated carbocycles. The molecule has 0 spiro atoms. The van der Waals surface area contributed by atoms with Gasteiger partial charge in [0.1, 0.15) is 12.4 Å². The molecular formula is C30H30BrN5O3S. The lowest BCUT2D eigenvalue weighted by Crippen LogP contribution is -2.29. The van der Waals surface area contributed by atoms with Gasteiger partial charge in [-0.1, -0.05) is 28.1 Å². The van der Waals surface area contributed by atoms with Crippen LogP contribution in [0.2, 0.25) is 0 Å². The first-order valence-corrected chi connectivity index (χ1v) is 13.9. The topological polar surface area (TPSA) is 80.7 Å². The summed E-state index contributed by atoms with van der Waals surface area (Å²) >= 11 is 9.55. The number of aromatic nitrogens is 2. The Morgan fingerprint density at radius 3 is 2.60 bits per heavy atom. The van der Waals surface area contributed by atoms with E-state index in [1.807, 2.05) is 48.5 Å². The van der Waals surface area contributed by atoms with E-state index in [9.17, 15) is 4.79 Å². The van der Waals surface area contributed by atoms with Crippen LogP contribution in [0.1, 0.15) is 34.7 Å². The van der Waals surface area contributed by atoms with Crippen LogP contribution in [-0.2, 0) is 9.53 Å². The van der Waals surface area contributed by atoms with Crippen LogP contribution < -0.4 is 20.3 Å². The van der Waals surface area contributed by atoms with Gasteiger partial charge < -0.3 is 29.6 Å². The molecule has 8 nitrogen and oxygen atoms in total. The van der Waals surface area contributed by atoms with Crippen molar-refractivity contribution in [2.75, 3.05) is 31.0 Å². The van der Waals surface area contributed by atoms with Gasteiger partial charge in [0.15, 0.2) is 5.11 Å². The van der Waals surface area contributed by atoms with Crippen LogP contribution >= 0.6 is 28.1 Å². The van der Waals surface area contributed by atoms with Gasteiger partial charge in [-0.2, -0.15) is 0 Å². The first-order valence-electron chi connectivity index (χ1n) is 12.7. The number of carbonyl (C=O) groups excluding carboxylic acids is 1. The van der Waals surface area contributed by atoms with E-state index in [4.69, 9.17) is 21.7 Å². The van der Waals surface area contributed by atoms with Gasteiger partial charge in [0.05, 0.1) is 30.6 Å². The van der Waals surface area contributed by atoms with Crippen LogP contribution in [-0.4, -0.2) is 41.4 Å². The third kappa shape index (κ3) is 5.34. The summed E-state index contributed by atoms with van der Waals surface area (Å²) in [5.74, 6) is 0.262. The maximum Gasteiger partial charge on any atom is 0.250 e. The van der Waals surface area contributed by atoms with Crippen molar-refractivity contribution >= 4 is 50.5 Å². The zero-order valence-corrected chi connectivity index (χ0v) is 25.0. The number of anilines is 2. The number of thiocarbonyl (C=S) groups is 1. The van der Waals surface area contributed by atoms with Crippen molar-refractivity contribution in [3.63, 3.8) is 0 Å². The van der Waals surface area contributed by atoms with Crippen molar-refractivity contribution in [2.45, 2.75) is 25.9 Å². The number of halogens is 1. The molecule has 1 aliphatic heterocycles. The quantitative estimate of drug-likeness (QED) is 0.233. The summed E-state index contributed by atoms with van der Waals surface area (Å²) in [4.78, 5) is 19.2. The molecule has 40 heavy (non-hydrogen) atoms. The Kier molecular flexibility index (Phi) is 8.20. The van der Waals surface area contributed by atoms with E-state index in [1.165, 1.54) is 7.11 Å². The van der Waals surface area contributed by atoms with Crippen LogP contribution in [0.15, 0.2) is 77.4 Å². The zero-order chi connectivity index (χ0) is 28.4. The van der Waals surface area contributed by atoms with Gasteiger partial charge in [-0.3, -0.25) is 9.78 Å². The van der Waals surface area contributed by atoms with Crippen molar-refractivity contribution in [3.05, 3.63) is 100 Å². The summed E-state index contributed by atoms with van der Waals surface area (Å²) in [5.41, 5.74) is 6.60. The van der Waals surface area contributed by atoms with Crippen molar-refractivity contribution in [1.29, 1.82) is 0 Å². The molecular weight excluding hydrogens is 590 g/mol. The lowest BCUT2D eigenvalue weighted by atomic mass is 9.96. The maximum absolute atomic E-state index is 12.4. The molecule has 1 fully saturated rings. The molecule has 0 aliphatic carbocycles. The summed E-state index contributed by atoms with van der Waals surface area (Å²) in [6, 6.07) is 21.6. The number of hydrogen-bond acceptors (Lipinski definition) is 5. The molecule has 2 aromatic carbocycles. The summed E-state index contributed by atoms with van der Waals surface area (Å²) in [6.45, 7) is 4.17. The van der Waals surface area contributed by atoms with Crippen LogP contribution in [0, 0.1) is 13.8 Å². The number of carbonyl (C=O) groups is 1. The van der Waals surface area contributed by atoms with E-state index < -0.39 is 0 Å². The van der Waals surface area contributed by atoms with Crippen molar-refractivity contribution in [3.8, 4) is 11.4 Å². The molecule has 1 aliphatic rings. The Bertz CT molecular complexity index is 1560. The van der Waals surface area contributed by atoms with Gasteiger partial charge >= 0.3 is 0 Å². The second-order valence-corrected chi connectivity index (χ2v) is 10.8. The molecule has 0 unspecified atom stereocenters. The Morgan fingerprint density at radius 2 is 1.90 bits per heavy atom. The van der Waals surface area contributed by atoms with Crippen LogP contribution in [0.3, 0.4) is 0 Å². The number of ether oxygens (including phenoxy) is 2. The molecule has 2 aromatic heterocycles. The second kappa shape index (κ2) is 11.8. The fourth-order valence-electron chi connectivity index (χ4n) is 5.31. The van der Waals surface area contributed by atoms with Crippen LogP contribution in [0.4, 0.5) is 11.4 Å². The highest BCUT2D eigenvalue weighted by molar-refractivity contribution is 9.10. The Morgan fingerprint density at radius 1 is 1.07 bits per heavy atom. The number of benzene rings is 2. The number of hydrogen-bond donors (Lipinski definition) is 2. The molecule has 10 heteroatoms. The van der Waals surface area contributed by atoms with E-state index in [0.29, 0.717) is 16.5 Å². The minimum atomic E-state index is -0.277. The number of nitrogens with one attached hydrogen (secondary N) is 2. The molecule has 0 bridgehead atoms. The molecule has 5 rings (SSSR count). The second-order valence-electron chi connectivity index (χ2n) is 9.50. The van der Waals surface area contributed by atoms with E-state index in [1.54, 1.807) is 13.3 Å². The first-order chi connectivity index (χ1) is 19.3. The minimum absolute atomic E-state index is 0.0664. The Hall–Kier alpha value is -3.73. The largest absolute Gasteiger partial charge is 0.495 e. The molecule has 4 aromatic rings. The van der Waals surface area contributed by atoms with Gasteiger partial charge in [0.2, 0.25) is 5.91 Å². The first kappa shape index (κ1) is 27.8. The SMILES string of the molecule is COCC(=O)Nc1cc(N2C(=S)N[C@H](c3ccccn3)[C@H]2c2cc(C)n(-c3cccc(Br)c3)c2C)ccc1OC. The predicted octanol–water partition coefficient (Wildman–Crippen LogP) is 6.02. The highest BCUT2D eigenvalue weighted by Gasteiger charge is 2.42. The molecule has 2 N–H and O–H groups in total. The predicted molar refractivity (Wildman–Crippen MR) is 164 cm³/mol. The Labute approximate surface area is 247 Å². The van der Waals surface area contributed by atoms with E-state index in [0.717, 1.165) is 38.5 Å². The molecule has 0 radical (unpaired) electrons. The van der Waals surface area contributed by atoms with Crippen molar-refractivity contribution in [2.24, 2.45) is 0 Å². The monoisotopic (exact) mass is 619 g/mol. The molecule has 3 heterocycles. The van der Waals surface area contributed by atoms with E-state index in [-0.39, 0.29) is 24.6 Å². The maximum atomic E-state index is 12.4. The van der Waals surface area contributed by atoms with Gasteiger partial charge in [-0.05, 0) is 86.2 Å².